The molecule has 1 aromatic carbocycles. The second-order valence-corrected chi connectivity index (χ2v) is 6.19. The molecule has 1 aliphatic heterocycles. The molecule has 5 nitrogen and oxygen atoms in total. The first-order chi connectivity index (χ1) is 10.7. The van der Waals surface area contributed by atoms with Crippen molar-refractivity contribution in [1.82, 2.24) is 9.78 Å². The Morgan fingerprint density at radius 3 is 2.86 bits per heavy atom. The largest absolute Gasteiger partial charge is 0.367 e. The highest BCUT2D eigenvalue weighted by Gasteiger charge is 2.30. The van der Waals surface area contributed by atoms with Gasteiger partial charge in [0.05, 0.1) is 12.8 Å². The van der Waals surface area contributed by atoms with Crippen molar-refractivity contribution in [3.05, 3.63) is 36.2 Å². The molecule has 0 spiro atoms. The maximum absolute atomic E-state index is 12.3. The maximum Gasteiger partial charge on any atom is 0.253 e. The molecule has 5 heteroatoms. The van der Waals surface area contributed by atoms with Crippen LogP contribution in [0, 0.1) is 5.92 Å². The third-order valence-corrected chi connectivity index (χ3v) is 4.33. The van der Waals surface area contributed by atoms with Gasteiger partial charge in [0.2, 0.25) is 0 Å². The Hall–Kier alpha value is -2.14. The lowest BCUT2D eigenvalue weighted by molar-refractivity contribution is -0.123. The van der Waals surface area contributed by atoms with E-state index in [0.29, 0.717) is 12.5 Å². The molecule has 1 fully saturated rings. The highest BCUT2D eigenvalue weighted by molar-refractivity contribution is 5.96. The van der Waals surface area contributed by atoms with Crippen LogP contribution >= 0.6 is 0 Å². The molecule has 114 valence electrons. The second-order valence-electron chi connectivity index (χ2n) is 6.19. The van der Waals surface area contributed by atoms with Crippen molar-refractivity contribution in [1.29, 1.82) is 0 Å². The summed E-state index contributed by atoms with van der Waals surface area (Å²) < 4.78 is 7.34. The summed E-state index contributed by atoms with van der Waals surface area (Å²) in [4.78, 5) is 14.2. The number of hydrogen-bond donors (Lipinski definition) is 0. The molecule has 2 aromatic rings. The molecule has 1 aromatic heterocycles. The van der Waals surface area contributed by atoms with Crippen LogP contribution in [0.25, 0.3) is 11.1 Å². The van der Waals surface area contributed by atoms with Crippen molar-refractivity contribution in [2.24, 2.45) is 13.0 Å². The lowest BCUT2D eigenvalue weighted by Gasteiger charge is -2.22. The van der Waals surface area contributed by atoms with Gasteiger partial charge in [-0.1, -0.05) is 6.07 Å². The molecule has 0 bridgehead atoms. The summed E-state index contributed by atoms with van der Waals surface area (Å²) in [5.74, 6) is 0.729. The first-order valence-corrected chi connectivity index (χ1v) is 7.71. The van der Waals surface area contributed by atoms with Crippen molar-refractivity contribution in [2.75, 3.05) is 18.1 Å². The Labute approximate surface area is 129 Å². The molecule has 2 aliphatic rings. The molecule has 0 N–H and O–H groups in total. The first kappa shape index (κ1) is 13.5. The minimum Gasteiger partial charge on any atom is -0.367 e. The lowest BCUT2D eigenvalue weighted by atomic mass is 10.0. The van der Waals surface area contributed by atoms with Gasteiger partial charge in [0.25, 0.3) is 5.91 Å². The molecular weight excluding hydrogens is 278 g/mol. The second kappa shape index (κ2) is 5.25. The monoisotopic (exact) mass is 297 g/mol. The van der Waals surface area contributed by atoms with E-state index in [4.69, 9.17) is 4.74 Å². The van der Waals surface area contributed by atoms with Gasteiger partial charge in [-0.2, -0.15) is 5.10 Å². The number of nitrogens with zero attached hydrogens (tertiary/aromatic N) is 3. The third kappa shape index (κ3) is 2.52. The number of aromatic nitrogens is 2. The Kier molecular flexibility index (Phi) is 3.22. The van der Waals surface area contributed by atoms with E-state index in [1.807, 2.05) is 30.4 Å². The summed E-state index contributed by atoms with van der Waals surface area (Å²) in [6, 6.07) is 6.23. The summed E-state index contributed by atoms with van der Waals surface area (Å²) in [5.41, 5.74) is 4.26. The van der Waals surface area contributed by atoms with Crippen LogP contribution in [-0.4, -0.2) is 28.8 Å². The number of hydrogen-bond acceptors (Lipinski definition) is 3. The number of ether oxygens (including phenoxy) is 1. The average molecular weight is 297 g/mol. The topological polar surface area (TPSA) is 47.4 Å². The molecule has 0 saturated heterocycles. The van der Waals surface area contributed by atoms with Gasteiger partial charge in [0.1, 0.15) is 6.61 Å². The van der Waals surface area contributed by atoms with Gasteiger partial charge in [-0.3, -0.25) is 9.48 Å². The normalized spacial score (nSPS) is 18.2. The third-order valence-electron chi connectivity index (χ3n) is 4.33. The quantitative estimate of drug-likeness (QED) is 0.874. The van der Waals surface area contributed by atoms with Crippen molar-refractivity contribution in [2.45, 2.75) is 19.4 Å². The Balaban J connectivity index is 1.71. The summed E-state index contributed by atoms with van der Waals surface area (Å²) >= 11 is 0. The molecule has 2 heterocycles. The van der Waals surface area contributed by atoms with Crippen LogP contribution < -0.4 is 4.90 Å². The number of carbonyl (C=O) groups excluding carboxylic acids is 1. The molecule has 0 unspecified atom stereocenters. The van der Waals surface area contributed by atoms with Gasteiger partial charge in [0, 0.05) is 36.6 Å². The standard InChI is InChI=1S/C17H19N3O2/c1-19-9-15(7-18-19)13-4-5-16-14(6-13)10-22-11-17(21)20(16)8-12-2-3-12/h4-7,9,12H,2-3,8,10-11H2,1H3. The predicted molar refractivity (Wildman–Crippen MR) is 83.4 cm³/mol. The van der Waals surface area contributed by atoms with Gasteiger partial charge in [0.15, 0.2) is 0 Å². The number of anilines is 1. The van der Waals surface area contributed by atoms with Crippen LogP contribution in [0.4, 0.5) is 5.69 Å². The van der Waals surface area contributed by atoms with Crippen molar-refractivity contribution >= 4 is 11.6 Å². The van der Waals surface area contributed by atoms with Crippen LogP contribution in [0.1, 0.15) is 18.4 Å². The fraction of sp³-hybridized carbons (Fsp3) is 0.412. The first-order valence-electron chi connectivity index (χ1n) is 7.71. The molecule has 22 heavy (non-hydrogen) atoms. The van der Waals surface area contributed by atoms with E-state index in [1.165, 1.54) is 12.8 Å². The zero-order valence-electron chi connectivity index (χ0n) is 12.7. The van der Waals surface area contributed by atoms with E-state index in [1.54, 1.807) is 4.68 Å². The minimum absolute atomic E-state index is 0.0692. The predicted octanol–water partition coefficient (Wildman–Crippen LogP) is 2.36. The Morgan fingerprint density at radius 2 is 2.14 bits per heavy atom. The summed E-state index contributed by atoms with van der Waals surface area (Å²) in [6.07, 6.45) is 6.31. The molecule has 4 rings (SSSR count). The average Bonchev–Trinajstić information content (AvgIpc) is 3.26. The number of rotatable bonds is 3. The zero-order valence-corrected chi connectivity index (χ0v) is 12.7. The number of benzene rings is 1. The number of carbonyl (C=O) groups is 1. The maximum atomic E-state index is 12.3. The molecular formula is C17H19N3O2. The highest BCUT2D eigenvalue weighted by Crippen LogP contribution is 2.35. The fourth-order valence-electron chi connectivity index (χ4n) is 2.93. The Bertz CT molecular complexity index is 718. The van der Waals surface area contributed by atoms with Gasteiger partial charge in [-0.05, 0) is 36.5 Å². The van der Waals surface area contributed by atoms with Crippen LogP contribution in [0.5, 0.6) is 0 Å². The van der Waals surface area contributed by atoms with Crippen LogP contribution in [0.3, 0.4) is 0 Å². The molecule has 0 atom stereocenters. The Morgan fingerprint density at radius 1 is 1.27 bits per heavy atom. The van der Waals surface area contributed by atoms with E-state index >= 15 is 0 Å². The summed E-state index contributed by atoms with van der Waals surface area (Å²) in [5, 5.41) is 4.22. The van der Waals surface area contributed by atoms with E-state index < -0.39 is 0 Å². The highest BCUT2D eigenvalue weighted by atomic mass is 16.5. The van der Waals surface area contributed by atoms with Gasteiger partial charge in [-0.25, -0.2) is 0 Å². The number of amides is 1. The SMILES string of the molecule is Cn1cc(-c2ccc3c(c2)COCC(=O)N3CC2CC2)cn1. The van der Waals surface area contributed by atoms with Crippen molar-refractivity contribution < 1.29 is 9.53 Å². The van der Waals surface area contributed by atoms with Crippen molar-refractivity contribution in [3.63, 3.8) is 0 Å². The van der Waals surface area contributed by atoms with Gasteiger partial charge < -0.3 is 9.64 Å². The zero-order chi connectivity index (χ0) is 15.1. The van der Waals surface area contributed by atoms with E-state index in [-0.39, 0.29) is 12.5 Å². The number of fused-ring (bicyclic) bond motifs is 1. The number of aryl methyl sites for hydroxylation is 1. The van der Waals surface area contributed by atoms with Gasteiger partial charge in [-0.15, -0.1) is 0 Å². The minimum atomic E-state index is 0.0692. The molecule has 1 amide bonds. The van der Waals surface area contributed by atoms with Crippen LogP contribution in [0.15, 0.2) is 30.6 Å². The fourth-order valence-corrected chi connectivity index (χ4v) is 2.93. The smallest absolute Gasteiger partial charge is 0.253 e. The van der Waals surface area contributed by atoms with Crippen molar-refractivity contribution in [3.8, 4) is 11.1 Å². The lowest BCUT2D eigenvalue weighted by Crippen LogP contribution is -2.34. The summed E-state index contributed by atoms with van der Waals surface area (Å²) in [7, 11) is 1.91. The molecule has 1 aliphatic carbocycles. The van der Waals surface area contributed by atoms with E-state index in [9.17, 15) is 4.79 Å². The molecule has 0 radical (unpaired) electrons. The van der Waals surface area contributed by atoms with Crippen LogP contribution in [0.2, 0.25) is 0 Å². The van der Waals surface area contributed by atoms with E-state index in [0.717, 1.165) is 28.9 Å². The van der Waals surface area contributed by atoms with Crippen LogP contribution in [-0.2, 0) is 23.2 Å². The van der Waals surface area contributed by atoms with E-state index in [2.05, 4.69) is 17.2 Å². The summed E-state index contributed by atoms with van der Waals surface area (Å²) in [6.45, 7) is 1.47. The van der Waals surface area contributed by atoms with Gasteiger partial charge >= 0.3 is 0 Å². The molecule has 1 saturated carbocycles.